The van der Waals surface area contributed by atoms with E-state index in [1.165, 1.54) is 16.6 Å². The average Bonchev–Trinajstić information content (AvgIpc) is 2.38. The normalized spacial score (nSPS) is 19.8. The van der Waals surface area contributed by atoms with Crippen molar-refractivity contribution in [1.82, 2.24) is 9.29 Å². The Labute approximate surface area is 113 Å². The Hall–Kier alpha value is -1.45. The van der Waals surface area contributed by atoms with Gasteiger partial charge in [-0.15, -0.1) is 0 Å². The van der Waals surface area contributed by atoms with Gasteiger partial charge in [0.1, 0.15) is 11.0 Å². The van der Waals surface area contributed by atoms with Crippen molar-refractivity contribution in [1.29, 1.82) is 5.26 Å². The SMILES string of the molecule is CC1(C)CCN(S(=O)(=O)c2cccnc2C#N)CC1. The Bertz CT molecular complexity index is 607. The first-order valence-electron chi connectivity index (χ1n) is 6.22. The Morgan fingerprint density at radius 2 is 2.00 bits per heavy atom. The highest BCUT2D eigenvalue weighted by Gasteiger charge is 2.34. The molecule has 0 N–H and O–H groups in total. The number of rotatable bonds is 2. The van der Waals surface area contributed by atoms with Crippen molar-refractivity contribution in [2.24, 2.45) is 5.41 Å². The van der Waals surface area contributed by atoms with Gasteiger partial charge in [0.2, 0.25) is 10.0 Å². The highest BCUT2D eigenvalue weighted by atomic mass is 32.2. The molecule has 0 radical (unpaired) electrons. The van der Waals surface area contributed by atoms with Crippen molar-refractivity contribution < 1.29 is 8.42 Å². The fourth-order valence-electron chi connectivity index (χ4n) is 2.15. The molecular formula is C13H17N3O2S. The van der Waals surface area contributed by atoms with Crippen LogP contribution in [0.2, 0.25) is 0 Å². The summed E-state index contributed by atoms with van der Waals surface area (Å²) in [6.07, 6.45) is 3.08. The summed E-state index contributed by atoms with van der Waals surface area (Å²) >= 11 is 0. The molecule has 1 aromatic rings. The molecule has 0 unspecified atom stereocenters. The van der Waals surface area contributed by atoms with Gasteiger partial charge >= 0.3 is 0 Å². The molecule has 0 saturated carbocycles. The van der Waals surface area contributed by atoms with E-state index in [9.17, 15) is 8.42 Å². The van der Waals surface area contributed by atoms with Crippen LogP contribution in [0, 0.1) is 16.7 Å². The number of hydrogen-bond acceptors (Lipinski definition) is 4. The number of piperidine rings is 1. The van der Waals surface area contributed by atoms with Crippen LogP contribution in [0.4, 0.5) is 0 Å². The molecule has 5 nitrogen and oxygen atoms in total. The largest absolute Gasteiger partial charge is 0.245 e. The van der Waals surface area contributed by atoms with Gasteiger partial charge < -0.3 is 0 Å². The van der Waals surface area contributed by atoms with Gasteiger partial charge in [-0.2, -0.15) is 9.57 Å². The lowest BCUT2D eigenvalue weighted by atomic mass is 9.83. The van der Waals surface area contributed by atoms with Gasteiger partial charge in [-0.25, -0.2) is 13.4 Å². The Kier molecular flexibility index (Phi) is 3.61. The number of pyridine rings is 1. The summed E-state index contributed by atoms with van der Waals surface area (Å²) in [7, 11) is -3.61. The molecule has 0 spiro atoms. The van der Waals surface area contributed by atoms with Gasteiger partial charge in [-0.05, 0) is 30.4 Å². The Morgan fingerprint density at radius 1 is 1.37 bits per heavy atom. The third kappa shape index (κ3) is 2.77. The summed E-state index contributed by atoms with van der Waals surface area (Å²) < 4.78 is 26.5. The zero-order valence-corrected chi connectivity index (χ0v) is 11.9. The quantitative estimate of drug-likeness (QED) is 0.827. The first kappa shape index (κ1) is 14.0. The molecule has 2 rings (SSSR count). The summed E-state index contributed by atoms with van der Waals surface area (Å²) in [5, 5.41) is 8.97. The second-order valence-corrected chi connectivity index (χ2v) is 7.44. The van der Waals surface area contributed by atoms with Crippen molar-refractivity contribution in [2.75, 3.05) is 13.1 Å². The van der Waals surface area contributed by atoms with Crippen LogP contribution in [0.15, 0.2) is 23.2 Å². The van der Waals surface area contributed by atoms with Crippen LogP contribution >= 0.6 is 0 Å². The minimum absolute atomic E-state index is 0.0113. The molecule has 1 aliphatic heterocycles. The van der Waals surface area contributed by atoms with Crippen LogP contribution in [0.5, 0.6) is 0 Å². The first-order valence-corrected chi connectivity index (χ1v) is 7.66. The monoisotopic (exact) mass is 279 g/mol. The van der Waals surface area contributed by atoms with Gasteiger partial charge in [0, 0.05) is 19.3 Å². The van der Waals surface area contributed by atoms with Crippen molar-refractivity contribution >= 4 is 10.0 Å². The van der Waals surface area contributed by atoms with Gasteiger partial charge in [0.25, 0.3) is 0 Å². The van der Waals surface area contributed by atoms with Crippen LogP contribution in [-0.2, 0) is 10.0 Å². The number of nitrogens with zero attached hydrogens (tertiary/aromatic N) is 3. The maximum Gasteiger partial charge on any atom is 0.245 e. The molecule has 19 heavy (non-hydrogen) atoms. The number of hydrogen-bond donors (Lipinski definition) is 0. The fraction of sp³-hybridized carbons (Fsp3) is 0.538. The molecule has 0 aromatic carbocycles. The van der Waals surface area contributed by atoms with E-state index < -0.39 is 10.0 Å². The smallest absolute Gasteiger partial charge is 0.244 e. The molecule has 102 valence electrons. The lowest BCUT2D eigenvalue weighted by Crippen LogP contribution is -2.41. The molecule has 0 bridgehead atoms. The third-order valence-corrected chi connectivity index (χ3v) is 5.50. The molecule has 0 atom stereocenters. The van der Waals surface area contributed by atoms with E-state index in [1.54, 1.807) is 6.07 Å². The number of sulfonamides is 1. The van der Waals surface area contributed by atoms with Crippen LogP contribution in [0.3, 0.4) is 0 Å². The van der Waals surface area contributed by atoms with Crippen LogP contribution < -0.4 is 0 Å². The average molecular weight is 279 g/mol. The molecule has 2 heterocycles. The minimum atomic E-state index is -3.61. The predicted octanol–water partition coefficient (Wildman–Crippen LogP) is 1.76. The van der Waals surface area contributed by atoms with E-state index >= 15 is 0 Å². The molecule has 6 heteroatoms. The van der Waals surface area contributed by atoms with E-state index in [4.69, 9.17) is 5.26 Å². The number of aromatic nitrogens is 1. The molecule has 1 aliphatic rings. The number of nitriles is 1. The molecule has 0 amide bonds. The van der Waals surface area contributed by atoms with Crippen molar-refractivity contribution in [3.05, 3.63) is 24.0 Å². The predicted molar refractivity (Wildman–Crippen MR) is 70.7 cm³/mol. The second kappa shape index (κ2) is 4.91. The third-order valence-electron chi connectivity index (χ3n) is 3.57. The summed E-state index contributed by atoms with van der Waals surface area (Å²) in [6.45, 7) is 5.27. The van der Waals surface area contributed by atoms with Crippen LogP contribution in [-0.4, -0.2) is 30.8 Å². The fourth-order valence-corrected chi connectivity index (χ4v) is 3.69. The highest BCUT2D eigenvalue weighted by Crippen LogP contribution is 2.32. The van der Waals surface area contributed by atoms with Crippen LogP contribution in [0.1, 0.15) is 32.4 Å². The second-order valence-electron chi connectivity index (χ2n) is 5.53. The topological polar surface area (TPSA) is 74.1 Å². The van der Waals surface area contributed by atoms with Gasteiger partial charge in [-0.1, -0.05) is 13.8 Å². The zero-order valence-electron chi connectivity index (χ0n) is 11.1. The molecule has 1 fully saturated rings. The highest BCUT2D eigenvalue weighted by molar-refractivity contribution is 7.89. The minimum Gasteiger partial charge on any atom is -0.244 e. The Balaban J connectivity index is 2.32. The lowest BCUT2D eigenvalue weighted by molar-refractivity contribution is 0.196. The van der Waals surface area contributed by atoms with E-state index in [0.717, 1.165) is 12.8 Å². The first-order chi connectivity index (χ1) is 8.87. The zero-order chi connectivity index (χ0) is 14.1. The Morgan fingerprint density at radius 3 is 2.58 bits per heavy atom. The van der Waals surface area contributed by atoms with Crippen molar-refractivity contribution in [2.45, 2.75) is 31.6 Å². The molecule has 1 aromatic heterocycles. The van der Waals surface area contributed by atoms with E-state index in [0.29, 0.717) is 13.1 Å². The summed E-state index contributed by atoms with van der Waals surface area (Å²) in [5.74, 6) is 0. The van der Waals surface area contributed by atoms with Crippen molar-refractivity contribution in [3.63, 3.8) is 0 Å². The summed E-state index contributed by atoms with van der Waals surface area (Å²) in [6, 6.07) is 4.83. The van der Waals surface area contributed by atoms with Gasteiger partial charge in [-0.3, -0.25) is 0 Å². The van der Waals surface area contributed by atoms with E-state index in [-0.39, 0.29) is 16.0 Å². The summed E-state index contributed by atoms with van der Waals surface area (Å²) in [4.78, 5) is 3.83. The van der Waals surface area contributed by atoms with Crippen molar-refractivity contribution in [3.8, 4) is 6.07 Å². The maximum atomic E-state index is 12.5. The molecule has 1 saturated heterocycles. The standard InChI is InChI=1S/C13H17N3O2S/c1-13(2)5-8-16(9-6-13)19(17,18)12-4-3-7-15-11(12)10-14/h3-4,7H,5-6,8-9H2,1-2H3. The van der Waals surface area contributed by atoms with Gasteiger partial charge in [0.15, 0.2) is 5.69 Å². The molecule has 0 aliphatic carbocycles. The maximum absolute atomic E-state index is 12.5. The van der Waals surface area contributed by atoms with E-state index in [2.05, 4.69) is 18.8 Å². The van der Waals surface area contributed by atoms with Gasteiger partial charge in [0.05, 0.1) is 0 Å². The van der Waals surface area contributed by atoms with Crippen LogP contribution in [0.25, 0.3) is 0 Å². The molecular weight excluding hydrogens is 262 g/mol. The van der Waals surface area contributed by atoms with E-state index in [1.807, 2.05) is 6.07 Å². The summed E-state index contributed by atoms with van der Waals surface area (Å²) in [5.41, 5.74) is 0.145. The lowest BCUT2D eigenvalue weighted by Gasteiger charge is -2.36.